The molecule has 2 rings (SSSR count). The zero-order chi connectivity index (χ0) is 12.3. The molecule has 1 fully saturated rings. The van der Waals surface area contributed by atoms with Gasteiger partial charge in [-0.2, -0.15) is 5.26 Å². The van der Waals surface area contributed by atoms with Crippen LogP contribution in [0.5, 0.6) is 0 Å². The summed E-state index contributed by atoms with van der Waals surface area (Å²) >= 11 is 0. The summed E-state index contributed by atoms with van der Waals surface area (Å²) in [6.45, 7) is 0.759. The van der Waals surface area contributed by atoms with Gasteiger partial charge in [0.25, 0.3) is 5.91 Å². The lowest BCUT2D eigenvalue weighted by atomic mass is 10.1. The highest BCUT2D eigenvalue weighted by Gasteiger charge is 2.25. The number of carbonyl (C=O) groups is 1. The van der Waals surface area contributed by atoms with Gasteiger partial charge in [0, 0.05) is 12.8 Å². The number of aromatic amines is 1. The van der Waals surface area contributed by atoms with Crippen LogP contribution in [0.3, 0.4) is 0 Å². The standard InChI is InChI=1S/C11H13N3O3/c12-4-7-3-9(13-5-7)11(16)14-8-1-2-17-6-10(8)15/h3,5,8,10,13,15H,1-2,6H2,(H,14,16)/t8-,10-/m0/s1. The second kappa shape index (κ2) is 4.99. The van der Waals surface area contributed by atoms with Crippen molar-refractivity contribution < 1.29 is 14.6 Å². The van der Waals surface area contributed by atoms with Gasteiger partial charge in [0.05, 0.1) is 24.3 Å². The van der Waals surface area contributed by atoms with Crippen molar-refractivity contribution in [3.8, 4) is 6.07 Å². The van der Waals surface area contributed by atoms with E-state index in [0.29, 0.717) is 24.3 Å². The minimum Gasteiger partial charge on any atom is -0.389 e. The first-order valence-electron chi connectivity index (χ1n) is 5.36. The minimum absolute atomic E-state index is 0.235. The van der Waals surface area contributed by atoms with Crippen LogP contribution < -0.4 is 5.32 Å². The Bertz CT molecular complexity index is 449. The van der Waals surface area contributed by atoms with Crippen LogP contribution in [-0.4, -0.2) is 41.4 Å². The van der Waals surface area contributed by atoms with E-state index < -0.39 is 6.10 Å². The number of amides is 1. The summed E-state index contributed by atoms with van der Waals surface area (Å²) in [5.74, 6) is -0.322. The Morgan fingerprint density at radius 2 is 2.53 bits per heavy atom. The lowest BCUT2D eigenvalue weighted by molar-refractivity contribution is -0.0261. The Morgan fingerprint density at radius 1 is 1.71 bits per heavy atom. The van der Waals surface area contributed by atoms with Crippen molar-refractivity contribution in [2.45, 2.75) is 18.6 Å². The largest absolute Gasteiger partial charge is 0.389 e. The summed E-state index contributed by atoms with van der Waals surface area (Å²) < 4.78 is 5.07. The lowest BCUT2D eigenvalue weighted by Crippen LogP contribution is -2.48. The number of aromatic nitrogens is 1. The fourth-order valence-corrected chi connectivity index (χ4v) is 1.73. The van der Waals surface area contributed by atoms with Gasteiger partial charge in [0.15, 0.2) is 0 Å². The van der Waals surface area contributed by atoms with Crippen LogP contribution in [0.1, 0.15) is 22.5 Å². The van der Waals surface area contributed by atoms with Gasteiger partial charge in [-0.3, -0.25) is 4.79 Å². The number of nitriles is 1. The van der Waals surface area contributed by atoms with Crippen LogP contribution in [0.15, 0.2) is 12.3 Å². The first kappa shape index (κ1) is 11.6. The zero-order valence-electron chi connectivity index (χ0n) is 9.14. The van der Waals surface area contributed by atoms with Crippen LogP contribution in [0, 0.1) is 11.3 Å². The average Bonchev–Trinajstić information content (AvgIpc) is 2.81. The molecular formula is C11H13N3O3. The molecule has 0 saturated carbocycles. The molecule has 2 atom stereocenters. The first-order chi connectivity index (χ1) is 8.20. The topological polar surface area (TPSA) is 98.1 Å². The van der Waals surface area contributed by atoms with Crippen molar-refractivity contribution in [1.82, 2.24) is 10.3 Å². The van der Waals surface area contributed by atoms with E-state index in [1.54, 1.807) is 0 Å². The van der Waals surface area contributed by atoms with E-state index in [2.05, 4.69) is 10.3 Å². The predicted octanol–water partition coefficient (Wildman–Crippen LogP) is -0.234. The van der Waals surface area contributed by atoms with Gasteiger partial charge in [0.2, 0.25) is 0 Å². The minimum atomic E-state index is -0.682. The van der Waals surface area contributed by atoms with Crippen LogP contribution >= 0.6 is 0 Å². The third kappa shape index (κ3) is 2.64. The Labute approximate surface area is 98.2 Å². The van der Waals surface area contributed by atoms with E-state index in [0.717, 1.165) is 0 Å². The molecule has 2 heterocycles. The number of hydrogen-bond acceptors (Lipinski definition) is 4. The first-order valence-corrected chi connectivity index (χ1v) is 5.36. The van der Waals surface area contributed by atoms with Crippen molar-refractivity contribution in [2.24, 2.45) is 0 Å². The third-order valence-corrected chi connectivity index (χ3v) is 2.70. The maximum absolute atomic E-state index is 11.8. The monoisotopic (exact) mass is 235 g/mol. The number of hydrogen-bond donors (Lipinski definition) is 3. The van der Waals surface area contributed by atoms with Crippen molar-refractivity contribution >= 4 is 5.91 Å². The highest BCUT2D eigenvalue weighted by Crippen LogP contribution is 2.09. The fraction of sp³-hybridized carbons (Fsp3) is 0.455. The molecule has 1 aliphatic rings. The molecule has 17 heavy (non-hydrogen) atoms. The molecule has 6 heteroatoms. The highest BCUT2D eigenvalue weighted by molar-refractivity contribution is 5.93. The van der Waals surface area contributed by atoms with E-state index in [1.165, 1.54) is 12.3 Å². The highest BCUT2D eigenvalue weighted by atomic mass is 16.5. The number of nitrogens with one attached hydrogen (secondary N) is 2. The Balaban J connectivity index is 1.99. The molecule has 0 aliphatic carbocycles. The molecule has 0 radical (unpaired) electrons. The average molecular weight is 235 g/mol. The van der Waals surface area contributed by atoms with E-state index in [4.69, 9.17) is 10.00 Å². The van der Waals surface area contributed by atoms with Crippen molar-refractivity contribution in [3.05, 3.63) is 23.5 Å². The molecule has 6 nitrogen and oxygen atoms in total. The fourth-order valence-electron chi connectivity index (χ4n) is 1.73. The molecule has 90 valence electrons. The van der Waals surface area contributed by atoms with Gasteiger partial charge in [-0.15, -0.1) is 0 Å². The van der Waals surface area contributed by atoms with Crippen molar-refractivity contribution in [3.63, 3.8) is 0 Å². The quantitative estimate of drug-likeness (QED) is 0.659. The SMILES string of the molecule is N#Cc1c[nH]c(C(=O)N[C@H]2CCOC[C@@H]2O)c1. The molecule has 1 aromatic rings. The lowest BCUT2D eigenvalue weighted by Gasteiger charge is -2.28. The van der Waals surface area contributed by atoms with Crippen LogP contribution in [0.4, 0.5) is 0 Å². The maximum Gasteiger partial charge on any atom is 0.268 e. The van der Waals surface area contributed by atoms with Gasteiger partial charge in [-0.25, -0.2) is 0 Å². The molecule has 0 aromatic carbocycles. The maximum atomic E-state index is 11.8. The Kier molecular flexibility index (Phi) is 3.42. The molecule has 1 aromatic heterocycles. The number of H-pyrrole nitrogens is 1. The van der Waals surface area contributed by atoms with Crippen LogP contribution in [0.2, 0.25) is 0 Å². The Hall–Kier alpha value is -1.84. The smallest absolute Gasteiger partial charge is 0.268 e. The number of carbonyl (C=O) groups excluding carboxylic acids is 1. The van der Waals surface area contributed by atoms with Crippen molar-refractivity contribution in [1.29, 1.82) is 5.26 Å². The van der Waals surface area contributed by atoms with Crippen LogP contribution in [0.25, 0.3) is 0 Å². The van der Waals surface area contributed by atoms with Crippen molar-refractivity contribution in [2.75, 3.05) is 13.2 Å². The molecule has 1 saturated heterocycles. The number of aliphatic hydroxyl groups is 1. The van der Waals surface area contributed by atoms with Gasteiger partial charge in [-0.05, 0) is 12.5 Å². The van der Waals surface area contributed by atoms with E-state index >= 15 is 0 Å². The van der Waals surface area contributed by atoms with Gasteiger partial charge in [-0.1, -0.05) is 0 Å². The number of nitrogens with zero attached hydrogens (tertiary/aromatic N) is 1. The second-order valence-corrected chi connectivity index (χ2v) is 3.92. The van der Waals surface area contributed by atoms with Gasteiger partial charge >= 0.3 is 0 Å². The predicted molar refractivity (Wildman–Crippen MR) is 58.2 cm³/mol. The summed E-state index contributed by atoms with van der Waals surface area (Å²) in [6.07, 6.45) is 1.37. The van der Waals surface area contributed by atoms with Gasteiger partial charge in [0.1, 0.15) is 11.8 Å². The van der Waals surface area contributed by atoms with E-state index in [-0.39, 0.29) is 18.6 Å². The molecule has 1 aliphatic heterocycles. The summed E-state index contributed by atoms with van der Waals surface area (Å²) in [5, 5.41) is 21.0. The Morgan fingerprint density at radius 3 is 3.18 bits per heavy atom. The zero-order valence-corrected chi connectivity index (χ0v) is 9.14. The molecular weight excluding hydrogens is 222 g/mol. The number of rotatable bonds is 2. The van der Waals surface area contributed by atoms with E-state index in [1.807, 2.05) is 6.07 Å². The van der Waals surface area contributed by atoms with Gasteiger partial charge < -0.3 is 20.1 Å². The normalized spacial score (nSPS) is 24.0. The molecule has 3 N–H and O–H groups in total. The molecule has 0 unspecified atom stereocenters. The molecule has 0 spiro atoms. The molecule has 1 amide bonds. The number of aliphatic hydroxyl groups excluding tert-OH is 1. The molecule has 0 bridgehead atoms. The summed E-state index contributed by atoms with van der Waals surface area (Å²) in [4.78, 5) is 14.5. The van der Waals surface area contributed by atoms with Crippen LogP contribution in [-0.2, 0) is 4.74 Å². The van der Waals surface area contributed by atoms with E-state index in [9.17, 15) is 9.90 Å². The summed E-state index contributed by atoms with van der Waals surface area (Å²) in [6, 6.07) is 3.11. The third-order valence-electron chi connectivity index (χ3n) is 2.70. The summed E-state index contributed by atoms with van der Waals surface area (Å²) in [5.41, 5.74) is 0.725. The second-order valence-electron chi connectivity index (χ2n) is 3.92. The summed E-state index contributed by atoms with van der Waals surface area (Å²) in [7, 11) is 0. The number of ether oxygens (including phenoxy) is 1.